The molecule has 0 saturated carbocycles. The Morgan fingerprint density at radius 1 is 1.47 bits per heavy atom. The number of rotatable bonds is 4. The van der Waals surface area contributed by atoms with Crippen LogP contribution in [0.2, 0.25) is 0 Å². The second kappa shape index (κ2) is 5.35. The fourth-order valence-electron chi connectivity index (χ4n) is 1.56. The molecular weight excluding hydrogens is 268 g/mol. The van der Waals surface area contributed by atoms with E-state index in [1.165, 1.54) is 12.4 Å². The van der Waals surface area contributed by atoms with Crippen LogP contribution in [0.4, 0.5) is 4.79 Å². The van der Waals surface area contributed by atoms with Crippen LogP contribution in [-0.4, -0.2) is 32.3 Å². The van der Waals surface area contributed by atoms with Crippen LogP contribution in [0.3, 0.4) is 0 Å². The molecule has 0 aliphatic carbocycles. The molecule has 0 aromatic carbocycles. The van der Waals surface area contributed by atoms with Crippen molar-refractivity contribution in [3.8, 4) is 0 Å². The minimum absolute atomic E-state index is 0.314. The van der Waals surface area contributed by atoms with Crippen LogP contribution in [-0.2, 0) is 16.0 Å². The molecule has 1 fully saturated rings. The lowest BCUT2D eigenvalue weighted by molar-refractivity contribution is -0.119. The van der Waals surface area contributed by atoms with Gasteiger partial charge in [0.2, 0.25) is 11.8 Å². The average Bonchev–Trinajstić information content (AvgIpc) is 2.68. The molecule has 3 amide bonds. The van der Waals surface area contributed by atoms with Crippen molar-refractivity contribution in [1.29, 1.82) is 0 Å². The Balaban J connectivity index is 2.05. The van der Waals surface area contributed by atoms with E-state index in [4.69, 9.17) is 5.73 Å². The number of nitrogens with two attached hydrogens (primary N) is 1. The van der Waals surface area contributed by atoms with E-state index in [0.717, 1.165) is 11.8 Å². The van der Waals surface area contributed by atoms with Crippen molar-refractivity contribution in [2.24, 2.45) is 5.73 Å². The quantitative estimate of drug-likeness (QED) is 0.799. The third-order valence-electron chi connectivity index (χ3n) is 2.76. The van der Waals surface area contributed by atoms with Crippen molar-refractivity contribution in [1.82, 2.24) is 15.3 Å². The van der Waals surface area contributed by atoms with Crippen LogP contribution in [0.1, 0.15) is 24.2 Å². The summed E-state index contributed by atoms with van der Waals surface area (Å²) in [5.74, 6) is -1.29. The molecule has 19 heavy (non-hydrogen) atoms. The Hall–Kier alpha value is -1.96. The van der Waals surface area contributed by atoms with Gasteiger partial charge in [-0.2, -0.15) is 0 Å². The Labute approximate surface area is 113 Å². The summed E-state index contributed by atoms with van der Waals surface area (Å²) in [4.78, 5) is 41.6. The standard InChI is InChI=1S/C11H12N4O3S/c1-5(9(12)16)7-4-13-6(3-14-7)2-8-10(17)15-11(18)19-8/h3-5,8H,2H2,1H3,(H2,12,16)(H,15,17,18). The van der Waals surface area contributed by atoms with E-state index in [9.17, 15) is 14.4 Å². The summed E-state index contributed by atoms with van der Waals surface area (Å²) in [6.45, 7) is 1.64. The molecule has 2 unspecified atom stereocenters. The minimum Gasteiger partial charge on any atom is -0.369 e. The summed E-state index contributed by atoms with van der Waals surface area (Å²) >= 11 is 0.942. The summed E-state index contributed by atoms with van der Waals surface area (Å²) in [5, 5.41) is 1.39. The number of nitrogens with zero attached hydrogens (tertiary/aromatic N) is 2. The average molecular weight is 280 g/mol. The first kappa shape index (κ1) is 13.5. The zero-order valence-electron chi connectivity index (χ0n) is 10.1. The highest BCUT2D eigenvalue weighted by Gasteiger charge is 2.31. The number of aromatic nitrogens is 2. The van der Waals surface area contributed by atoms with E-state index in [1.807, 2.05) is 0 Å². The highest BCUT2D eigenvalue weighted by atomic mass is 32.2. The van der Waals surface area contributed by atoms with Crippen LogP contribution in [0.25, 0.3) is 0 Å². The molecular formula is C11H12N4O3S. The van der Waals surface area contributed by atoms with Gasteiger partial charge >= 0.3 is 0 Å². The smallest absolute Gasteiger partial charge is 0.286 e. The molecule has 100 valence electrons. The van der Waals surface area contributed by atoms with Gasteiger partial charge in [-0.1, -0.05) is 11.8 Å². The van der Waals surface area contributed by atoms with Crippen LogP contribution in [0.5, 0.6) is 0 Å². The number of thioether (sulfide) groups is 1. The van der Waals surface area contributed by atoms with Crippen molar-refractivity contribution < 1.29 is 14.4 Å². The van der Waals surface area contributed by atoms with Crippen LogP contribution in [0.15, 0.2) is 12.4 Å². The lowest BCUT2D eigenvalue weighted by Gasteiger charge is -2.08. The molecule has 2 atom stereocenters. The third-order valence-corrected chi connectivity index (χ3v) is 3.74. The zero-order valence-corrected chi connectivity index (χ0v) is 10.9. The first-order chi connectivity index (χ1) is 8.97. The molecule has 8 heteroatoms. The molecule has 0 bridgehead atoms. The Morgan fingerprint density at radius 2 is 2.21 bits per heavy atom. The highest BCUT2D eigenvalue weighted by Crippen LogP contribution is 2.22. The normalized spacial score (nSPS) is 20.2. The molecule has 1 saturated heterocycles. The number of hydrogen-bond acceptors (Lipinski definition) is 6. The predicted molar refractivity (Wildman–Crippen MR) is 68.3 cm³/mol. The molecule has 7 nitrogen and oxygen atoms in total. The summed E-state index contributed by atoms with van der Waals surface area (Å²) in [6.07, 6.45) is 3.27. The maximum absolute atomic E-state index is 11.4. The van der Waals surface area contributed by atoms with Gasteiger partial charge in [0.25, 0.3) is 5.24 Å². The number of carbonyl (C=O) groups excluding carboxylic acids is 3. The number of hydrogen-bond donors (Lipinski definition) is 2. The van der Waals surface area contributed by atoms with E-state index in [2.05, 4.69) is 15.3 Å². The molecule has 0 spiro atoms. The minimum atomic E-state index is -0.507. The van der Waals surface area contributed by atoms with Gasteiger partial charge in [-0.3, -0.25) is 29.7 Å². The van der Waals surface area contributed by atoms with Crippen LogP contribution < -0.4 is 11.1 Å². The lowest BCUT2D eigenvalue weighted by Crippen LogP contribution is -2.25. The van der Waals surface area contributed by atoms with Crippen molar-refractivity contribution in [3.05, 3.63) is 23.8 Å². The van der Waals surface area contributed by atoms with Crippen molar-refractivity contribution in [2.45, 2.75) is 24.5 Å². The second-order valence-corrected chi connectivity index (χ2v) is 5.32. The molecule has 1 aliphatic heterocycles. The maximum atomic E-state index is 11.4. The van der Waals surface area contributed by atoms with Crippen LogP contribution in [0, 0.1) is 0 Å². The van der Waals surface area contributed by atoms with Gasteiger partial charge < -0.3 is 5.73 Å². The summed E-state index contributed by atoms with van der Waals surface area (Å²) < 4.78 is 0. The third kappa shape index (κ3) is 3.08. The van der Waals surface area contributed by atoms with Gasteiger partial charge in [0.05, 0.1) is 22.6 Å². The topological polar surface area (TPSA) is 115 Å². The maximum Gasteiger partial charge on any atom is 0.286 e. The van der Waals surface area contributed by atoms with Gasteiger partial charge in [-0.05, 0) is 6.92 Å². The summed E-state index contributed by atoms with van der Waals surface area (Å²) in [5.41, 5.74) is 6.24. The number of primary amides is 1. The number of nitrogens with one attached hydrogen (secondary N) is 1. The Kier molecular flexibility index (Phi) is 3.79. The lowest BCUT2D eigenvalue weighted by atomic mass is 10.1. The SMILES string of the molecule is CC(C(N)=O)c1cnc(CC2SC(=O)NC2=O)cn1. The largest absolute Gasteiger partial charge is 0.369 e. The molecule has 2 heterocycles. The first-order valence-electron chi connectivity index (χ1n) is 5.59. The van der Waals surface area contributed by atoms with E-state index >= 15 is 0 Å². The van der Waals surface area contributed by atoms with Gasteiger partial charge in [0.1, 0.15) is 0 Å². The molecule has 1 aromatic heterocycles. The van der Waals surface area contributed by atoms with Crippen LogP contribution >= 0.6 is 11.8 Å². The van der Waals surface area contributed by atoms with Crippen molar-refractivity contribution >= 4 is 28.8 Å². The fraction of sp³-hybridized carbons (Fsp3) is 0.364. The van der Waals surface area contributed by atoms with Gasteiger partial charge in [0, 0.05) is 18.8 Å². The van der Waals surface area contributed by atoms with E-state index in [1.54, 1.807) is 6.92 Å². The number of carbonyl (C=O) groups is 3. The van der Waals surface area contributed by atoms with Gasteiger partial charge in [0.15, 0.2) is 0 Å². The fourth-order valence-corrected chi connectivity index (χ4v) is 2.40. The van der Waals surface area contributed by atoms with Gasteiger partial charge in [-0.15, -0.1) is 0 Å². The zero-order chi connectivity index (χ0) is 14.0. The highest BCUT2D eigenvalue weighted by molar-refractivity contribution is 8.15. The first-order valence-corrected chi connectivity index (χ1v) is 6.47. The van der Waals surface area contributed by atoms with Gasteiger partial charge in [-0.25, -0.2) is 0 Å². The molecule has 0 radical (unpaired) electrons. The summed E-state index contributed by atoms with van der Waals surface area (Å²) in [6, 6.07) is 0. The second-order valence-electron chi connectivity index (χ2n) is 4.14. The van der Waals surface area contributed by atoms with E-state index in [0.29, 0.717) is 17.8 Å². The molecule has 1 aromatic rings. The molecule has 1 aliphatic rings. The number of imide groups is 1. The monoisotopic (exact) mass is 280 g/mol. The Morgan fingerprint density at radius 3 is 2.68 bits per heavy atom. The summed E-state index contributed by atoms with van der Waals surface area (Å²) in [7, 11) is 0. The molecule has 3 N–H and O–H groups in total. The van der Waals surface area contributed by atoms with E-state index < -0.39 is 17.1 Å². The predicted octanol–water partition coefficient (Wildman–Crippen LogP) is -0.0405. The van der Waals surface area contributed by atoms with Crippen molar-refractivity contribution in [2.75, 3.05) is 0 Å². The Bertz CT molecular complexity index is 531. The van der Waals surface area contributed by atoms with E-state index in [-0.39, 0.29) is 11.1 Å². The number of amides is 3. The molecule has 2 rings (SSSR count). The van der Waals surface area contributed by atoms with Crippen molar-refractivity contribution in [3.63, 3.8) is 0 Å².